The first-order valence-corrected chi connectivity index (χ1v) is 5.68. The first-order valence-electron chi connectivity index (χ1n) is 5.68. The topological polar surface area (TPSA) is 3.24 Å². The Hall–Kier alpha value is -0.300. The van der Waals surface area contributed by atoms with Gasteiger partial charge in [-0.1, -0.05) is 12.2 Å². The Morgan fingerprint density at radius 2 is 1.57 bits per heavy atom. The summed E-state index contributed by atoms with van der Waals surface area (Å²) in [4.78, 5) is 2.62. The second-order valence-corrected chi connectivity index (χ2v) is 6.02. The van der Waals surface area contributed by atoms with Crippen molar-refractivity contribution in [3.8, 4) is 0 Å². The van der Waals surface area contributed by atoms with Gasteiger partial charge in [-0.25, -0.2) is 0 Å². The summed E-state index contributed by atoms with van der Waals surface area (Å²) in [7, 11) is 0. The third-order valence-electron chi connectivity index (χ3n) is 3.47. The molecule has 0 saturated carbocycles. The zero-order chi connectivity index (χ0) is 11.0. The number of hydrogen-bond donors (Lipinski definition) is 0. The third-order valence-corrected chi connectivity index (χ3v) is 3.47. The van der Waals surface area contributed by atoms with Gasteiger partial charge in [0.2, 0.25) is 0 Å². The Bertz CT molecular complexity index is 209. The van der Waals surface area contributed by atoms with E-state index in [9.17, 15) is 0 Å². The molecular weight excluding hydrogens is 170 g/mol. The van der Waals surface area contributed by atoms with Crippen LogP contribution in [0.2, 0.25) is 0 Å². The van der Waals surface area contributed by atoms with E-state index in [1.165, 1.54) is 24.8 Å². The van der Waals surface area contributed by atoms with Gasteiger partial charge in [-0.2, -0.15) is 0 Å². The van der Waals surface area contributed by atoms with E-state index in [4.69, 9.17) is 0 Å². The molecule has 14 heavy (non-hydrogen) atoms. The van der Waals surface area contributed by atoms with E-state index in [0.29, 0.717) is 11.1 Å². The van der Waals surface area contributed by atoms with Crippen LogP contribution in [0.4, 0.5) is 0 Å². The van der Waals surface area contributed by atoms with E-state index in [2.05, 4.69) is 46.1 Å². The number of rotatable bonds is 2. The first-order chi connectivity index (χ1) is 6.26. The van der Waals surface area contributed by atoms with E-state index in [0.717, 1.165) is 6.54 Å². The highest BCUT2D eigenvalue weighted by atomic mass is 15.3. The highest BCUT2D eigenvalue weighted by molar-refractivity contribution is 5.03. The van der Waals surface area contributed by atoms with Crippen molar-refractivity contribution in [1.29, 1.82) is 0 Å². The Balaban J connectivity index is 2.85. The van der Waals surface area contributed by atoms with Crippen molar-refractivity contribution in [2.24, 2.45) is 0 Å². The predicted molar refractivity (Wildman–Crippen MR) is 63.5 cm³/mol. The fourth-order valence-electron chi connectivity index (χ4n) is 2.74. The minimum absolute atomic E-state index is 0.334. The summed E-state index contributed by atoms with van der Waals surface area (Å²) in [6, 6.07) is 0. The van der Waals surface area contributed by atoms with Gasteiger partial charge in [0.25, 0.3) is 0 Å². The molecule has 0 aromatic carbocycles. The number of piperidine rings is 1. The SMILES string of the molecule is C=C(C)CN1C(C)(C)CCCC1(C)C. The lowest BCUT2D eigenvalue weighted by Crippen LogP contribution is -2.58. The van der Waals surface area contributed by atoms with Crippen LogP contribution in [-0.4, -0.2) is 22.5 Å². The van der Waals surface area contributed by atoms with Crippen molar-refractivity contribution >= 4 is 0 Å². The molecule has 1 saturated heterocycles. The van der Waals surface area contributed by atoms with Gasteiger partial charge in [-0.15, -0.1) is 0 Å². The fourth-order valence-corrected chi connectivity index (χ4v) is 2.74. The molecule has 0 bridgehead atoms. The van der Waals surface area contributed by atoms with E-state index < -0.39 is 0 Å². The summed E-state index contributed by atoms with van der Waals surface area (Å²) in [6.45, 7) is 16.6. The van der Waals surface area contributed by atoms with Crippen LogP contribution in [-0.2, 0) is 0 Å². The van der Waals surface area contributed by atoms with E-state index in [1.807, 2.05) is 0 Å². The van der Waals surface area contributed by atoms with Crippen molar-refractivity contribution in [2.75, 3.05) is 6.54 Å². The predicted octanol–water partition coefficient (Wildman–Crippen LogP) is 3.61. The van der Waals surface area contributed by atoms with Crippen molar-refractivity contribution in [2.45, 2.75) is 65.0 Å². The molecule has 1 rings (SSSR count). The van der Waals surface area contributed by atoms with Crippen molar-refractivity contribution < 1.29 is 0 Å². The van der Waals surface area contributed by atoms with Gasteiger partial charge < -0.3 is 0 Å². The molecule has 0 spiro atoms. The minimum Gasteiger partial charge on any atom is -0.289 e. The largest absolute Gasteiger partial charge is 0.289 e. The second-order valence-electron chi connectivity index (χ2n) is 6.02. The molecule has 0 N–H and O–H groups in total. The lowest BCUT2D eigenvalue weighted by molar-refractivity contribution is -0.0183. The van der Waals surface area contributed by atoms with Crippen LogP contribution in [0.5, 0.6) is 0 Å². The lowest BCUT2D eigenvalue weighted by atomic mass is 9.79. The van der Waals surface area contributed by atoms with Crippen LogP contribution in [0.1, 0.15) is 53.9 Å². The smallest absolute Gasteiger partial charge is 0.0198 e. The Kier molecular flexibility index (Phi) is 3.10. The Morgan fingerprint density at radius 3 is 1.93 bits per heavy atom. The molecule has 0 atom stereocenters. The summed E-state index contributed by atoms with van der Waals surface area (Å²) in [5.41, 5.74) is 1.94. The molecule has 0 amide bonds. The Morgan fingerprint density at radius 1 is 1.14 bits per heavy atom. The normalized spacial score (nSPS) is 26.1. The van der Waals surface area contributed by atoms with Gasteiger partial charge in [0.15, 0.2) is 0 Å². The summed E-state index contributed by atoms with van der Waals surface area (Å²) < 4.78 is 0. The van der Waals surface area contributed by atoms with Gasteiger partial charge in [0.05, 0.1) is 0 Å². The average Bonchev–Trinajstić information content (AvgIpc) is 1.96. The highest BCUT2D eigenvalue weighted by Crippen LogP contribution is 2.38. The fraction of sp³-hybridized carbons (Fsp3) is 0.846. The van der Waals surface area contributed by atoms with Crippen molar-refractivity contribution in [1.82, 2.24) is 4.90 Å². The van der Waals surface area contributed by atoms with Gasteiger partial charge in [-0.05, 0) is 53.9 Å². The average molecular weight is 195 g/mol. The molecule has 0 radical (unpaired) electrons. The molecule has 1 fully saturated rings. The monoisotopic (exact) mass is 195 g/mol. The van der Waals surface area contributed by atoms with Gasteiger partial charge in [0, 0.05) is 17.6 Å². The van der Waals surface area contributed by atoms with E-state index in [1.54, 1.807) is 0 Å². The molecule has 1 heterocycles. The van der Waals surface area contributed by atoms with Crippen LogP contribution in [0, 0.1) is 0 Å². The van der Waals surface area contributed by atoms with Gasteiger partial charge >= 0.3 is 0 Å². The van der Waals surface area contributed by atoms with Crippen LogP contribution < -0.4 is 0 Å². The van der Waals surface area contributed by atoms with Crippen LogP contribution in [0.15, 0.2) is 12.2 Å². The molecule has 1 heteroatoms. The summed E-state index contributed by atoms with van der Waals surface area (Å²) in [6.07, 6.45) is 3.97. The van der Waals surface area contributed by atoms with Crippen molar-refractivity contribution in [3.05, 3.63) is 12.2 Å². The molecule has 82 valence electrons. The Labute approximate surface area is 89.2 Å². The highest BCUT2D eigenvalue weighted by Gasteiger charge is 2.40. The maximum Gasteiger partial charge on any atom is 0.0198 e. The first kappa shape index (κ1) is 11.8. The lowest BCUT2D eigenvalue weighted by Gasteiger charge is -2.53. The van der Waals surface area contributed by atoms with Crippen LogP contribution in [0.3, 0.4) is 0 Å². The molecule has 1 aliphatic heterocycles. The summed E-state index contributed by atoms with van der Waals surface area (Å²) >= 11 is 0. The zero-order valence-electron chi connectivity index (χ0n) is 10.5. The third kappa shape index (κ3) is 2.38. The number of likely N-dealkylation sites (tertiary alicyclic amines) is 1. The summed E-state index contributed by atoms with van der Waals surface area (Å²) in [5, 5.41) is 0. The van der Waals surface area contributed by atoms with Crippen LogP contribution >= 0.6 is 0 Å². The maximum atomic E-state index is 4.04. The molecule has 0 aromatic rings. The molecule has 1 nitrogen and oxygen atoms in total. The quantitative estimate of drug-likeness (QED) is 0.608. The number of nitrogens with zero attached hydrogens (tertiary/aromatic N) is 1. The van der Waals surface area contributed by atoms with Crippen molar-refractivity contribution in [3.63, 3.8) is 0 Å². The molecule has 1 aliphatic rings. The maximum absolute atomic E-state index is 4.04. The van der Waals surface area contributed by atoms with E-state index in [-0.39, 0.29) is 0 Å². The van der Waals surface area contributed by atoms with Gasteiger partial charge in [0.1, 0.15) is 0 Å². The standard InChI is InChI=1S/C13H25N/c1-11(2)10-14-12(3,4)8-7-9-13(14,5)6/h1,7-10H2,2-6H3. The van der Waals surface area contributed by atoms with Gasteiger partial charge in [-0.3, -0.25) is 4.90 Å². The molecule has 0 aromatic heterocycles. The zero-order valence-corrected chi connectivity index (χ0v) is 10.5. The summed E-state index contributed by atoms with van der Waals surface area (Å²) in [5.74, 6) is 0. The minimum atomic E-state index is 0.334. The molecule has 0 unspecified atom stereocenters. The molecule has 0 aliphatic carbocycles. The number of hydrogen-bond acceptors (Lipinski definition) is 1. The van der Waals surface area contributed by atoms with E-state index >= 15 is 0 Å². The van der Waals surface area contributed by atoms with Crippen LogP contribution in [0.25, 0.3) is 0 Å². The second kappa shape index (κ2) is 3.69. The molecular formula is C13H25N.